The fourth-order valence-electron chi connectivity index (χ4n) is 2.42. The summed E-state index contributed by atoms with van der Waals surface area (Å²) in [6.07, 6.45) is 6.18. The molecule has 0 fully saturated rings. The average molecular weight is 238 g/mol. The minimum Gasteiger partial charge on any atom is -0.311 e. The molecule has 2 heteroatoms. The molecule has 0 bridgehead atoms. The van der Waals surface area contributed by atoms with Crippen molar-refractivity contribution >= 4 is 0 Å². The summed E-state index contributed by atoms with van der Waals surface area (Å²) in [6, 6.07) is 0.697. The van der Waals surface area contributed by atoms with Gasteiger partial charge in [-0.2, -0.15) is 0 Å². The van der Waals surface area contributed by atoms with Crippen LogP contribution in [-0.4, -0.2) is 36.1 Å². The summed E-state index contributed by atoms with van der Waals surface area (Å²) < 4.78 is 0. The van der Waals surface area contributed by atoms with Crippen molar-refractivity contribution in [2.75, 3.05) is 19.6 Å². The fourth-order valence-corrected chi connectivity index (χ4v) is 2.42. The molecule has 1 heterocycles. The number of hydrogen-bond acceptors (Lipinski definition) is 2. The Hall–Kier alpha value is -0.340. The van der Waals surface area contributed by atoms with Crippen molar-refractivity contribution in [1.29, 1.82) is 0 Å². The molecule has 0 radical (unpaired) electrons. The highest BCUT2D eigenvalue weighted by atomic mass is 15.2. The number of hydrogen-bond donors (Lipinski definition) is 1. The lowest BCUT2D eigenvalue weighted by molar-refractivity contribution is 0.182. The molecule has 0 spiro atoms. The Balaban J connectivity index is 2.50. The Labute approximate surface area is 107 Å². The summed E-state index contributed by atoms with van der Waals surface area (Å²) in [4.78, 5) is 2.65. The van der Waals surface area contributed by atoms with Gasteiger partial charge in [-0.25, -0.2) is 0 Å². The van der Waals surface area contributed by atoms with Gasteiger partial charge in [0, 0.05) is 31.2 Å². The first-order valence-electron chi connectivity index (χ1n) is 7.07. The average Bonchev–Trinajstić information content (AvgIpc) is 2.23. The second-order valence-electron chi connectivity index (χ2n) is 6.38. The minimum absolute atomic E-state index is 0.229. The Morgan fingerprint density at radius 1 is 1.41 bits per heavy atom. The van der Waals surface area contributed by atoms with E-state index in [0.29, 0.717) is 6.04 Å². The third-order valence-corrected chi connectivity index (χ3v) is 3.37. The van der Waals surface area contributed by atoms with E-state index in [2.05, 4.69) is 50.9 Å². The predicted molar refractivity (Wildman–Crippen MR) is 76.4 cm³/mol. The fraction of sp³-hybridized carbons (Fsp3) is 0.867. The predicted octanol–water partition coefficient (Wildman–Crippen LogP) is 3.20. The molecule has 1 N–H and O–H groups in total. The largest absolute Gasteiger partial charge is 0.311 e. The Morgan fingerprint density at radius 2 is 2.12 bits per heavy atom. The lowest BCUT2D eigenvalue weighted by Crippen LogP contribution is -2.49. The van der Waals surface area contributed by atoms with Crippen molar-refractivity contribution in [2.45, 2.75) is 65.5 Å². The Morgan fingerprint density at radius 3 is 2.65 bits per heavy atom. The third kappa shape index (κ3) is 5.69. The van der Waals surface area contributed by atoms with E-state index in [1.54, 1.807) is 0 Å². The van der Waals surface area contributed by atoms with Crippen LogP contribution in [-0.2, 0) is 0 Å². The van der Waals surface area contributed by atoms with Crippen molar-refractivity contribution in [3.05, 3.63) is 11.6 Å². The molecule has 1 unspecified atom stereocenters. The van der Waals surface area contributed by atoms with E-state index in [9.17, 15) is 0 Å². The van der Waals surface area contributed by atoms with Gasteiger partial charge in [0.1, 0.15) is 0 Å². The Kier molecular flexibility index (Phi) is 5.68. The van der Waals surface area contributed by atoms with E-state index >= 15 is 0 Å². The second kappa shape index (κ2) is 6.55. The topological polar surface area (TPSA) is 15.3 Å². The van der Waals surface area contributed by atoms with Gasteiger partial charge < -0.3 is 5.32 Å². The zero-order valence-electron chi connectivity index (χ0n) is 12.3. The molecule has 0 aromatic heterocycles. The van der Waals surface area contributed by atoms with Crippen LogP contribution in [0.1, 0.15) is 53.9 Å². The van der Waals surface area contributed by atoms with E-state index in [4.69, 9.17) is 0 Å². The zero-order valence-corrected chi connectivity index (χ0v) is 12.3. The highest BCUT2D eigenvalue weighted by molar-refractivity contribution is 5.05. The van der Waals surface area contributed by atoms with Gasteiger partial charge in [-0.1, -0.05) is 25.0 Å². The second-order valence-corrected chi connectivity index (χ2v) is 6.38. The first-order valence-corrected chi connectivity index (χ1v) is 7.07. The third-order valence-electron chi connectivity index (χ3n) is 3.37. The lowest BCUT2D eigenvalue weighted by atomic mass is 10.0. The van der Waals surface area contributed by atoms with E-state index in [0.717, 1.165) is 13.1 Å². The van der Waals surface area contributed by atoms with Crippen LogP contribution in [0.5, 0.6) is 0 Å². The summed E-state index contributed by atoms with van der Waals surface area (Å²) in [5.41, 5.74) is 1.76. The molecular formula is C15H30N2. The SMILES string of the molecule is CCCC(CNC(C)(C)C)N1CCC=C(C)C1. The van der Waals surface area contributed by atoms with Crippen LogP contribution in [0.2, 0.25) is 0 Å². The zero-order chi connectivity index (χ0) is 12.9. The van der Waals surface area contributed by atoms with Gasteiger partial charge in [0.25, 0.3) is 0 Å². The summed E-state index contributed by atoms with van der Waals surface area (Å²) >= 11 is 0. The van der Waals surface area contributed by atoms with Gasteiger partial charge in [-0.3, -0.25) is 4.90 Å². The van der Waals surface area contributed by atoms with E-state index in [1.807, 2.05) is 0 Å². The summed E-state index contributed by atoms with van der Waals surface area (Å²) in [6.45, 7) is 14.8. The molecule has 2 nitrogen and oxygen atoms in total. The molecule has 1 aliphatic rings. The monoisotopic (exact) mass is 238 g/mol. The van der Waals surface area contributed by atoms with Gasteiger partial charge in [-0.05, 0) is 40.5 Å². The molecule has 0 saturated carbocycles. The highest BCUT2D eigenvalue weighted by Gasteiger charge is 2.21. The molecule has 1 atom stereocenters. The number of rotatable bonds is 5. The normalized spacial score (nSPS) is 20.2. The molecule has 100 valence electrons. The first kappa shape index (κ1) is 14.7. The minimum atomic E-state index is 0.229. The molecule has 0 amide bonds. The van der Waals surface area contributed by atoms with Gasteiger partial charge in [0.15, 0.2) is 0 Å². The lowest BCUT2D eigenvalue weighted by Gasteiger charge is -2.36. The van der Waals surface area contributed by atoms with Crippen LogP contribution in [0.3, 0.4) is 0 Å². The number of nitrogens with zero attached hydrogens (tertiary/aromatic N) is 1. The molecule has 0 aliphatic carbocycles. The molecule has 1 rings (SSSR count). The quantitative estimate of drug-likeness (QED) is 0.740. The maximum atomic E-state index is 3.66. The summed E-state index contributed by atoms with van der Waals surface area (Å²) in [5.74, 6) is 0. The van der Waals surface area contributed by atoms with Crippen molar-refractivity contribution in [1.82, 2.24) is 10.2 Å². The van der Waals surface area contributed by atoms with Gasteiger partial charge in [0.05, 0.1) is 0 Å². The van der Waals surface area contributed by atoms with Crippen molar-refractivity contribution in [3.63, 3.8) is 0 Å². The van der Waals surface area contributed by atoms with Gasteiger partial charge in [-0.15, -0.1) is 0 Å². The van der Waals surface area contributed by atoms with E-state index < -0.39 is 0 Å². The van der Waals surface area contributed by atoms with E-state index in [-0.39, 0.29) is 5.54 Å². The van der Waals surface area contributed by atoms with Gasteiger partial charge in [0.2, 0.25) is 0 Å². The number of nitrogens with one attached hydrogen (secondary N) is 1. The maximum absolute atomic E-state index is 3.66. The molecule has 0 aromatic carbocycles. The maximum Gasteiger partial charge on any atom is 0.0224 e. The van der Waals surface area contributed by atoms with Crippen molar-refractivity contribution < 1.29 is 0 Å². The molecule has 1 aliphatic heterocycles. The van der Waals surface area contributed by atoms with Crippen LogP contribution >= 0.6 is 0 Å². The standard InChI is InChI=1S/C15H30N2/c1-6-8-14(11-16-15(3,4)5)17-10-7-9-13(2)12-17/h9,14,16H,6-8,10-12H2,1-5H3. The van der Waals surface area contributed by atoms with Crippen LogP contribution in [0.4, 0.5) is 0 Å². The molecule has 0 aromatic rings. The van der Waals surface area contributed by atoms with Crippen LogP contribution < -0.4 is 5.32 Å². The summed E-state index contributed by atoms with van der Waals surface area (Å²) in [5, 5.41) is 3.66. The van der Waals surface area contributed by atoms with Crippen LogP contribution in [0.25, 0.3) is 0 Å². The first-order chi connectivity index (χ1) is 7.92. The molecular weight excluding hydrogens is 208 g/mol. The molecule has 0 saturated heterocycles. The highest BCUT2D eigenvalue weighted by Crippen LogP contribution is 2.15. The van der Waals surface area contributed by atoms with Crippen LogP contribution in [0, 0.1) is 0 Å². The van der Waals surface area contributed by atoms with Crippen LogP contribution in [0.15, 0.2) is 11.6 Å². The van der Waals surface area contributed by atoms with Gasteiger partial charge >= 0.3 is 0 Å². The van der Waals surface area contributed by atoms with E-state index in [1.165, 1.54) is 31.4 Å². The van der Waals surface area contributed by atoms with Crippen molar-refractivity contribution in [3.8, 4) is 0 Å². The smallest absolute Gasteiger partial charge is 0.0224 e. The Bertz CT molecular complexity index is 250. The van der Waals surface area contributed by atoms with Crippen molar-refractivity contribution in [2.24, 2.45) is 0 Å². The molecule has 17 heavy (non-hydrogen) atoms. The summed E-state index contributed by atoms with van der Waals surface area (Å²) in [7, 11) is 0.